The number of carbonyl (C=O) groups excluding carboxylic acids is 3. The molecule has 0 N–H and O–H groups in total. The molecule has 0 aliphatic carbocycles. The highest BCUT2D eigenvalue weighted by Crippen LogP contribution is 2.25. The molecule has 2 heterocycles. The van der Waals surface area contributed by atoms with Crippen LogP contribution < -0.4 is 0 Å². The van der Waals surface area contributed by atoms with Crippen molar-refractivity contribution in [1.29, 1.82) is 0 Å². The van der Waals surface area contributed by atoms with Gasteiger partial charge in [0.25, 0.3) is 17.7 Å². The second-order valence-corrected chi connectivity index (χ2v) is 8.43. The van der Waals surface area contributed by atoms with Crippen LogP contribution >= 0.6 is 0 Å². The quantitative estimate of drug-likeness (QED) is 0.674. The molecule has 31 heavy (non-hydrogen) atoms. The average molecular weight is 420 g/mol. The smallest absolute Gasteiger partial charge is 0.261 e. The largest absolute Gasteiger partial charge is 0.336 e. The minimum absolute atomic E-state index is 0.0785. The van der Waals surface area contributed by atoms with Gasteiger partial charge in [0, 0.05) is 44.8 Å². The van der Waals surface area contributed by atoms with Crippen molar-refractivity contribution in [3.63, 3.8) is 0 Å². The highest BCUT2D eigenvalue weighted by atomic mass is 16.2. The van der Waals surface area contributed by atoms with Gasteiger partial charge in [0.05, 0.1) is 11.1 Å². The molecule has 0 spiro atoms. The maximum atomic E-state index is 13.0. The summed E-state index contributed by atoms with van der Waals surface area (Å²) < 4.78 is 0. The summed E-state index contributed by atoms with van der Waals surface area (Å²) in [4.78, 5) is 43.7. The summed E-state index contributed by atoms with van der Waals surface area (Å²) in [5.74, 6) is -0.617. The molecule has 0 radical (unpaired) electrons. The summed E-state index contributed by atoms with van der Waals surface area (Å²) >= 11 is 0. The molecular weight excluding hydrogens is 390 g/mol. The third-order valence-corrected chi connectivity index (χ3v) is 6.10. The minimum Gasteiger partial charge on any atom is -0.336 e. The van der Waals surface area contributed by atoms with Crippen LogP contribution in [-0.2, 0) is 6.54 Å². The lowest BCUT2D eigenvalue weighted by Gasteiger charge is -2.35. The van der Waals surface area contributed by atoms with Gasteiger partial charge in [-0.15, -0.1) is 0 Å². The Morgan fingerprint density at radius 3 is 2.39 bits per heavy atom. The molecule has 1 fully saturated rings. The fourth-order valence-electron chi connectivity index (χ4n) is 4.30. The Balaban J connectivity index is 1.39. The van der Waals surface area contributed by atoms with Crippen molar-refractivity contribution in [3.05, 3.63) is 70.3 Å². The van der Waals surface area contributed by atoms with Crippen LogP contribution in [0.25, 0.3) is 0 Å². The zero-order valence-corrected chi connectivity index (χ0v) is 18.3. The second-order valence-electron chi connectivity index (χ2n) is 8.43. The van der Waals surface area contributed by atoms with Crippen LogP contribution in [0, 0.1) is 6.92 Å². The van der Waals surface area contributed by atoms with Crippen LogP contribution in [-0.4, -0.2) is 65.1 Å². The van der Waals surface area contributed by atoms with Crippen molar-refractivity contribution in [3.8, 4) is 0 Å². The molecule has 0 aromatic heterocycles. The average Bonchev–Trinajstić information content (AvgIpc) is 3.01. The summed E-state index contributed by atoms with van der Waals surface area (Å²) in [6, 6.07) is 13.4. The van der Waals surface area contributed by atoms with Gasteiger partial charge < -0.3 is 4.90 Å². The van der Waals surface area contributed by atoms with E-state index in [4.69, 9.17) is 0 Å². The van der Waals surface area contributed by atoms with Crippen molar-refractivity contribution in [2.24, 2.45) is 0 Å². The maximum absolute atomic E-state index is 13.0. The van der Waals surface area contributed by atoms with Gasteiger partial charge in [-0.05, 0) is 37.1 Å². The molecule has 2 aliphatic heterocycles. The van der Waals surface area contributed by atoms with Gasteiger partial charge >= 0.3 is 0 Å². The van der Waals surface area contributed by atoms with E-state index in [0.29, 0.717) is 36.3 Å². The number of piperazine rings is 1. The number of amides is 3. The maximum Gasteiger partial charge on any atom is 0.261 e. The molecule has 1 saturated heterocycles. The van der Waals surface area contributed by atoms with Crippen LogP contribution in [0.15, 0.2) is 42.5 Å². The van der Waals surface area contributed by atoms with Gasteiger partial charge in [0.15, 0.2) is 0 Å². The van der Waals surface area contributed by atoms with E-state index in [-0.39, 0.29) is 17.7 Å². The molecule has 0 bridgehead atoms. The summed E-state index contributed by atoms with van der Waals surface area (Å²) in [6.07, 6.45) is 1.69. The molecule has 6 heteroatoms. The number of fused-ring (bicyclic) bond motifs is 1. The molecule has 0 atom stereocenters. The highest BCUT2D eigenvalue weighted by molar-refractivity contribution is 6.22. The third kappa shape index (κ3) is 4.39. The number of aryl methyl sites for hydroxylation is 1. The Hall–Kier alpha value is -2.99. The topological polar surface area (TPSA) is 60.9 Å². The Morgan fingerprint density at radius 1 is 0.935 bits per heavy atom. The van der Waals surface area contributed by atoms with E-state index >= 15 is 0 Å². The van der Waals surface area contributed by atoms with Crippen LogP contribution in [0.1, 0.15) is 62.0 Å². The van der Waals surface area contributed by atoms with Crippen LogP contribution in [0.3, 0.4) is 0 Å². The van der Waals surface area contributed by atoms with Gasteiger partial charge in [-0.2, -0.15) is 0 Å². The van der Waals surface area contributed by atoms with Crippen molar-refractivity contribution in [2.45, 2.75) is 33.2 Å². The molecule has 0 saturated carbocycles. The van der Waals surface area contributed by atoms with Gasteiger partial charge in [-0.25, -0.2) is 0 Å². The third-order valence-electron chi connectivity index (χ3n) is 6.10. The monoisotopic (exact) mass is 419 g/mol. The van der Waals surface area contributed by atoms with E-state index in [1.807, 2.05) is 11.8 Å². The normalized spacial score (nSPS) is 16.7. The van der Waals surface area contributed by atoms with Gasteiger partial charge in [-0.3, -0.25) is 24.2 Å². The first kappa shape index (κ1) is 21.2. The lowest BCUT2D eigenvalue weighted by atomic mass is 10.0. The Kier molecular flexibility index (Phi) is 6.18. The lowest BCUT2D eigenvalue weighted by molar-refractivity contribution is 0.0626. The number of unbranched alkanes of at least 4 members (excludes halogenated alkanes) is 1. The SMILES string of the molecule is CCCCN1C(=O)c2ccc(C(=O)N3CCN(Cc4cccc(C)c4)CC3)cc2C1=O. The molecule has 2 aliphatic rings. The lowest BCUT2D eigenvalue weighted by Crippen LogP contribution is -2.48. The summed E-state index contributed by atoms with van der Waals surface area (Å²) in [5.41, 5.74) is 3.77. The van der Waals surface area contributed by atoms with E-state index < -0.39 is 0 Å². The zero-order chi connectivity index (χ0) is 22.0. The number of rotatable bonds is 6. The van der Waals surface area contributed by atoms with Crippen molar-refractivity contribution in [1.82, 2.24) is 14.7 Å². The molecular formula is C25H29N3O3. The molecule has 3 amide bonds. The number of hydrogen-bond donors (Lipinski definition) is 0. The molecule has 6 nitrogen and oxygen atoms in total. The highest BCUT2D eigenvalue weighted by Gasteiger charge is 2.36. The molecule has 162 valence electrons. The van der Waals surface area contributed by atoms with Crippen molar-refractivity contribution >= 4 is 17.7 Å². The first-order chi connectivity index (χ1) is 15.0. The number of hydrogen-bond acceptors (Lipinski definition) is 4. The Bertz CT molecular complexity index is 1010. The first-order valence-electron chi connectivity index (χ1n) is 11.1. The number of nitrogens with zero attached hydrogens (tertiary/aromatic N) is 3. The van der Waals surface area contributed by atoms with Crippen molar-refractivity contribution < 1.29 is 14.4 Å². The van der Waals surface area contributed by atoms with Gasteiger partial charge in [-0.1, -0.05) is 43.2 Å². The Morgan fingerprint density at radius 2 is 1.68 bits per heavy atom. The Labute approximate surface area is 183 Å². The van der Waals surface area contributed by atoms with Gasteiger partial charge in [0.1, 0.15) is 0 Å². The first-order valence-corrected chi connectivity index (χ1v) is 11.1. The molecule has 0 unspecified atom stereocenters. The van der Waals surface area contributed by atoms with E-state index in [1.165, 1.54) is 16.0 Å². The predicted octanol–water partition coefficient (Wildman–Crippen LogP) is 3.35. The van der Waals surface area contributed by atoms with E-state index in [1.54, 1.807) is 18.2 Å². The molecule has 2 aromatic rings. The minimum atomic E-state index is -0.286. The molecule has 2 aromatic carbocycles. The zero-order valence-electron chi connectivity index (χ0n) is 18.3. The second kappa shape index (κ2) is 9.02. The number of carbonyl (C=O) groups is 3. The van der Waals surface area contributed by atoms with E-state index in [2.05, 4.69) is 36.1 Å². The summed E-state index contributed by atoms with van der Waals surface area (Å²) in [7, 11) is 0. The molecule has 4 rings (SSSR count). The van der Waals surface area contributed by atoms with E-state index in [0.717, 1.165) is 32.5 Å². The summed E-state index contributed by atoms with van der Waals surface area (Å²) in [5, 5.41) is 0. The number of benzene rings is 2. The standard InChI is InChI=1S/C25H29N3O3/c1-3-4-10-28-24(30)21-9-8-20(16-22(21)25(28)31)23(29)27-13-11-26(12-14-27)17-19-7-5-6-18(2)15-19/h5-9,15-16H,3-4,10-14,17H2,1-2H3. The number of imide groups is 1. The van der Waals surface area contributed by atoms with Crippen molar-refractivity contribution in [2.75, 3.05) is 32.7 Å². The van der Waals surface area contributed by atoms with Crippen LogP contribution in [0.4, 0.5) is 0 Å². The van der Waals surface area contributed by atoms with E-state index in [9.17, 15) is 14.4 Å². The van der Waals surface area contributed by atoms with Crippen LogP contribution in [0.2, 0.25) is 0 Å². The van der Waals surface area contributed by atoms with Gasteiger partial charge in [0.2, 0.25) is 0 Å². The predicted molar refractivity (Wildman–Crippen MR) is 119 cm³/mol. The fourth-order valence-corrected chi connectivity index (χ4v) is 4.30. The van der Waals surface area contributed by atoms with Crippen LogP contribution in [0.5, 0.6) is 0 Å². The fraction of sp³-hybridized carbons (Fsp3) is 0.400. The summed E-state index contributed by atoms with van der Waals surface area (Å²) in [6.45, 7) is 8.35.